The Balaban J connectivity index is 1.74. The fraction of sp³-hybridized carbons (Fsp3) is 0.167. The van der Waals surface area contributed by atoms with Crippen molar-refractivity contribution in [3.63, 3.8) is 0 Å². The Bertz CT molecular complexity index is 905. The molecule has 0 bridgehead atoms. The van der Waals surface area contributed by atoms with Gasteiger partial charge in [0.1, 0.15) is 11.5 Å². The van der Waals surface area contributed by atoms with Crippen molar-refractivity contribution in [3.8, 4) is 0 Å². The van der Waals surface area contributed by atoms with E-state index in [0.717, 1.165) is 5.65 Å². The van der Waals surface area contributed by atoms with Gasteiger partial charge in [0.05, 0.1) is 18.6 Å². The lowest BCUT2D eigenvalue weighted by atomic mass is 9.99. The first-order valence-electron chi connectivity index (χ1n) is 7.62. The van der Waals surface area contributed by atoms with Gasteiger partial charge in [0.15, 0.2) is 0 Å². The van der Waals surface area contributed by atoms with E-state index >= 15 is 0 Å². The molecule has 0 fully saturated rings. The number of pyridine rings is 1. The summed E-state index contributed by atoms with van der Waals surface area (Å²) in [6.45, 7) is 0.0408. The Kier molecular flexibility index (Phi) is 4.74. The van der Waals surface area contributed by atoms with E-state index in [1.165, 1.54) is 31.4 Å². The molecular formula is C18H16FN3O3. The summed E-state index contributed by atoms with van der Waals surface area (Å²) in [5, 5.41) is 2.72. The van der Waals surface area contributed by atoms with Crippen LogP contribution < -0.4 is 5.32 Å². The molecule has 128 valence electrons. The molecule has 0 radical (unpaired) electrons. The first kappa shape index (κ1) is 16.6. The number of fused-ring (bicyclic) bond motifs is 1. The first-order chi connectivity index (χ1) is 12.1. The minimum Gasteiger partial charge on any atom is -0.468 e. The van der Waals surface area contributed by atoms with Crippen molar-refractivity contribution in [1.29, 1.82) is 0 Å². The van der Waals surface area contributed by atoms with Gasteiger partial charge in [-0.05, 0) is 29.8 Å². The van der Waals surface area contributed by atoms with E-state index in [0.29, 0.717) is 11.1 Å². The molecular weight excluding hydrogens is 325 g/mol. The second-order valence-corrected chi connectivity index (χ2v) is 5.45. The number of rotatable bonds is 5. The molecule has 7 heteroatoms. The summed E-state index contributed by atoms with van der Waals surface area (Å²) in [5.41, 5.74) is 1.74. The van der Waals surface area contributed by atoms with Crippen molar-refractivity contribution in [2.24, 2.45) is 0 Å². The van der Waals surface area contributed by atoms with E-state index in [1.54, 1.807) is 35.1 Å². The van der Waals surface area contributed by atoms with Gasteiger partial charge >= 0.3 is 5.97 Å². The molecule has 0 spiro atoms. The topological polar surface area (TPSA) is 72.7 Å². The third kappa shape index (κ3) is 3.65. The van der Waals surface area contributed by atoms with Crippen LogP contribution >= 0.6 is 0 Å². The molecule has 0 aliphatic carbocycles. The van der Waals surface area contributed by atoms with Gasteiger partial charge in [-0.2, -0.15) is 0 Å². The fourth-order valence-electron chi connectivity index (χ4n) is 2.53. The van der Waals surface area contributed by atoms with E-state index in [-0.39, 0.29) is 12.5 Å². The molecule has 2 aromatic heterocycles. The predicted octanol–water partition coefficient (Wildman–Crippen LogP) is 2.16. The molecule has 6 nitrogen and oxygen atoms in total. The second-order valence-electron chi connectivity index (χ2n) is 5.45. The van der Waals surface area contributed by atoms with Gasteiger partial charge in [0, 0.05) is 25.1 Å². The number of carbonyl (C=O) groups excluding carboxylic acids is 2. The lowest BCUT2D eigenvalue weighted by molar-refractivity contribution is -0.142. The zero-order valence-electron chi connectivity index (χ0n) is 13.5. The molecule has 1 amide bonds. The van der Waals surface area contributed by atoms with E-state index in [1.807, 2.05) is 0 Å². The summed E-state index contributed by atoms with van der Waals surface area (Å²) >= 11 is 0. The highest BCUT2D eigenvalue weighted by Gasteiger charge is 2.22. The van der Waals surface area contributed by atoms with Crippen LogP contribution in [0.3, 0.4) is 0 Å². The molecule has 0 saturated heterocycles. The summed E-state index contributed by atoms with van der Waals surface area (Å²) < 4.78 is 19.6. The average molecular weight is 341 g/mol. The SMILES string of the molecule is COC(=O)[C@H](CNC(=O)c1ccc2nccn2c1)c1ccc(F)cc1. The molecule has 1 aromatic carbocycles. The predicted molar refractivity (Wildman–Crippen MR) is 88.7 cm³/mol. The second kappa shape index (κ2) is 7.12. The molecule has 3 aromatic rings. The maximum atomic E-state index is 13.1. The van der Waals surface area contributed by atoms with E-state index < -0.39 is 17.7 Å². The van der Waals surface area contributed by atoms with Gasteiger partial charge in [0.2, 0.25) is 0 Å². The van der Waals surface area contributed by atoms with Gasteiger partial charge < -0.3 is 14.5 Å². The van der Waals surface area contributed by atoms with E-state index in [9.17, 15) is 14.0 Å². The van der Waals surface area contributed by atoms with Crippen LogP contribution in [0.25, 0.3) is 5.65 Å². The van der Waals surface area contributed by atoms with Gasteiger partial charge in [-0.15, -0.1) is 0 Å². The Morgan fingerprint density at radius 1 is 1.24 bits per heavy atom. The van der Waals surface area contributed by atoms with Gasteiger partial charge in [-0.25, -0.2) is 9.37 Å². The quantitative estimate of drug-likeness (QED) is 0.722. The maximum absolute atomic E-state index is 13.1. The van der Waals surface area contributed by atoms with Crippen LogP contribution in [-0.2, 0) is 9.53 Å². The monoisotopic (exact) mass is 341 g/mol. The van der Waals surface area contributed by atoms with Crippen LogP contribution in [0.4, 0.5) is 4.39 Å². The smallest absolute Gasteiger partial charge is 0.314 e. The van der Waals surface area contributed by atoms with Crippen LogP contribution in [0.15, 0.2) is 55.0 Å². The Labute approximate surface area is 143 Å². The van der Waals surface area contributed by atoms with Gasteiger partial charge in [-0.3, -0.25) is 9.59 Å². The number of imidazole rings is 1. The average Bonchev–Trinajstić information content (AvgIpc) is 3.10. The zero-order valence-corrected chi connectivity index (χ0v) is 13.5. The lowest BCUT2D eigenvalue weighted by Gasteiger charge is -2.16. The third-order valence-corrected chi connectivity index (χ3v) is 3.88. The molecule has 0 aliphatic rings. The van der Waals surface area contributed by atoms with Crippen molar-refractivity contribution in [3.05, 3.63) is 71.9 Å². The standard InChI is InChI=1S/C18H16FN3O3/c1-25-18(24)15(12-2-5-14(19)6-3-12)10-21-17(23)13-4-7-16-20-8-9-22(16)11-13/h2-9,11,15H,10H2,1H3,(H,21,23)/t15-/m1/s1. The largest absolute Gasteiger partial charge is 0.468 e. The number of hydrogen-bond acceptors (Lipinski definition) is 4. The molecule has 1 atom stereocenters. The number of carbonyl (C=O) groups is 2. The number of halogens is 1. The highest BCUT2D eigenvalue weighted by Crippen LogP contribution is 2.17. The minimum atomic E-state index is -0.716. The molecule has 0 aliphatic heterocycles. The summed E-state index contributed by atoms with van der Waals surface area (Å²) in [4.78, 5) is 28.5. The van der Waals surface area contributed by atoms with Crippen molar-refractivity contribution >= 4 is 17.5 Å². The fourth-order valence-corrected chi connectivity index (χ4v) is 2.53. The highest BCUT2D eigenvalue weighted by molar-refractivity contribution is 5.94. The van der Waals surface area contributed by atoms with E-state index in [4.69, 9.17) is 4.74 Å². The lowest BCUT2D eigenvalue weighted by Crippen LogP contribution is -2.32. The minimum absolute atomic E-state index is 0.0408. The van der Waals surface area contributed by atoms with Crippen LogP contribution in [0.2, 0.25) is 0 Å². The van der Waals surface area contributed by atoms with Crippen molar-refractivity contribution in [2.45, 2.75) is 5.92 Å². The summed E-state index contributed by atoms with van der Waals surface area (Å²) in [5.74, 6) is -1.94. The normalized spacial score (nSPS) is 11.9. The summed E-state index contributed by atoms with van der Waals surface area (Å²) in [6, 6.07) is 8.91. The number of nitrogens with one attached hydrogen (secondary N) is 1. The summed E-state index contributed by atoms with van der Waals surface area (Å²) in [6.07, 6.45) is 5.03. The highest BCUT2D eigenvalue weighted by atomic mass is 19.1. The number of esters is 1. The molecule has 3 rings (SSSR count). The van der Waals surface area contributed by atoms with Crippen molar-refractivity contribution in [2.75, 3.05) is 13.7 Å². The zero-order chi connectivity index (χ0) is 17.8. The van der Waals surface area contributed by atoms with Crippen LogP contribution in [0, 0.1) is 5.82 Å². The van der Waals surface area contributed by atoms with Gasteiger partial charge in [-0.1, -0.05) is 12.1 Å². The Hall–Kier alpha value is -3.22. The third-order valence-electron chi connectivity index (χ3n) is 3.88. The number of methoxy groups -OCH3 is 1. The molecule has 25 heavy (non-hydrogen) atoms. The number of nitrogens with zero attached hydrogens (tertiary/aromatic N) is 2. The molecule has 0 saturated carbocycles. The summed E-state index contributed by atoms with van der Waals surface area (Å²) in [7, 11) is 1.27. The first-order valence-corrected chi connectivity index (χ1v) is 7.62. The number of hydrogen-bond donors (Lipinski definition) is 1. The number of ether oxygens (including phenoxy) is 1. The van der Waals surface area contributed by atoms with Crippen LogP contribution in [0.1, 0.15) is 21.8 Å². The van der Waals surface area contributed by atoms with Crippen molar-refractivity contribution in [1.82, 2.24) is 14.7 Å². The molecule has 0 unspecified atom stereocenters. The van der Waals surface area contributed by atoms with E-state index in [2.05, 4.69) is 10.3 Å². The van der Waals surface area contributed by atoms with Crippen molar-refractivity contribution < 1.29 is 18.7 Å². The Morgan fingerprint density at radius 3 is 2.72 bits per heavy atom. The molecule has 1 N–H and O–H groups in total. The van der Waals surface area contributed by atoms with Crippen LogP contribution in [0.5, 0.6) is 0 Å². The number of aromatic nitrogens is 2. The number of benzene rings is 1. The number of amides is 1. The maximum Gasteiger partial charge on any atom is 0.314 e. The Morgan fingerprint density at radius 2 is 2.00 bits per heavy atom. The van der Waals surface area contributed by atoms with Gasteiger partial charge in [0.25, 0.3) is 5.91 Å². The molecule has 2 heterocycles. The van der Waals surface area contributed by atoms with Crippen LogP contribution in [-0.4, -0.2) is 34.9 Å².